The highest BCUT2D eigenvalue weighted by Crippen LogP contribution is 2.36. The summed E-state index contributed by atoms with van der Waals surface area (Å²) in [6.45, 7) is 8.29. The van der Waals surface area contributed by atoms with Gasteiger partial charge in [-0.05, 0) is 23.0 Å². The highest BCUT2D eigenvalue weighted by atomic mass is 31.2. The number of para-hydroxylation sites is 1. The second kappa shape index (κ2) is 7.23. The van der Waals surface area contributed by atoms with Gasteiger partial charge in [-0.1, -0.05) is 45.9 Å². The Morgan fingerprint density at radius 3 is 1.95 bits per heavy atom. The van der Waals surface area contributed by atoms with Gasteiger partial charge < -0.3 is 14.5 Å². The molecule has 0 spiro atoms. The Morgan fingerprint density at radius 2 is 1.55 bits per heavy atom. The van der Waals surface area contributed by atoms with Crippen LogP contribution in [0.1, 0.15) is 50.7 Å². The first-order chi connectivity index (χ1) is 9.22. The Balaban J connectivity index is 2.83. The summed E-state index contributed by atoms with van der Waals surface area (Å²) in [7, 11) is -4.43. The molecule has 1 aromatic carbocycles. The van der Waals surface area contributed by atoms with Gasteiger partial charge in [0.05, 0.1) is 6.61 Å². The molecule has 2 N–H and O–H groups in total. The van der Waals surface area contributed by atoms with Crippen LogP contribution in [0.3, 0.4) is 0 Å². The van der Waals surface area contributed by atoms with Gasteiger partial charge in [-0.25, -0.2) is 4.57 Å². The number of hydrogen-bond acceptors (Lipinski definition) is 3. The molecular weight excluding hydrogens is 279 g/mol. The van der Waals surface area contributed by atoms with E-state index < -0.39 is 7.82 Å². The average molecular weight is 302 g/mol. The van der Waals surface area contributed by atoms with E-state index in [-0.39, 0.29) is 13.2 Å². The number of phosphoric ester groups is 1. The lowest BCUT2D eigenvalue weighted by atomic mass is 9.94. The Morgan fingerprint density at radius 1 is 1.05 bits per heavy atom. The van der Waals surface area contributed by atoms with Crippen LogP contribution in [0.4, 0.5) is 0 Å². The summed E-state index contributed by atoms with van der Waals surface area (Å²) in [6, 6.07) is 6.02. The second-order valence-electron chi connectivity index (χ2n) is 5.25. The maximum atomic E-state index is 10.6. The lowest BCUT2D eigenvalue weighted by Gasteiger charge is -2.20. The van der Waals surface area contributed by atoms with Gasteiger partial charge in [-0.15, -0.1) is 0 Å². The topological polar surface area (TPSA) is 76.0 Å². The van der Waals surface area contributed by atoms with Gasteiger partial charge in [-0.2, -0.15) is 0 Å². The van der Waals surface area contributed by atoms with Crippen molar-refractivity contribution in [2.75, 3.05) is 13.2 Å². The minimum absolute atomic E-state index is 0.106. The van der Waals surface area contributed by atoms with Gasteiger partial charge >= 0.3 is 7.82 Å². The van der Waals surface area contributed by atoms with E-state index in [1.54, 1.807) is 0 Å². The van der Waals surface area contributed by atoms with E-state index in [0.29, 0.717) is 11.8 Å². The molecule has 114 valence electrons. The van der Waals surface area contributed by atoms with Crippen LogP contribution in [0.2, 0.25) is 0 Å². The first-order valence-electron chi connectivity index (χ1n) is 6.68. The van der Waals surface area contributed by atoms with Crippen molar-refractivity contribution in [3.05, 3.63) is 29.3 Å². The van der Waals surface area contributed by atoms with E-state index in [2.05, 4.69) is 32.2 Å². The highest BCUT2D eigenvalue weighted by Gasteiger charge is 2.16. The summed E-state index contributed by atoms with van der Waals surface area (Å²) < 4.78 is 20.7. The molecule has 0 saturated heterocycles. The summed E-state index contributed by atoms with van der Waals surface area (Å²) in [4.78, 5) is 17.3. The number of phosphoric acid groups is 1. The summed E-state index contributed by atoms with van der Waals surface area (Å²) in [5.41, 5.74) is 2.18. The zero-order chi connectivity index (χ0) is 15.3. The van der Waals surface area contributed by atoms with Crippen LogP contribution in [0, 0.1) is 0 Å². The van der Waals surface area contributed by atoms with E-state index in [4.69, 9.17) is 14.5 Å². The van der Waals surface area contributed by atoms with E-state index in [1.807, 2.05) is 18.2 Å². The molecule has 0 bridgehead atoms. The van der Waals surface area contributed by atoms with Crippen LogP contribution in [0.15, 0.2) is 18.2 Å². The van der Waals surface area contributed by atoms with Gasteiger partial charge in [-0.3, -0.25) is 4.52 Å². The molecule has 0 heterocycles. The third-order valence-electron chi connectivity index (χ3n) is 2.91. The zero-order valence-corrected chi connectivity index (χ0v) is 13.3. The Kier molecular flexibility index (Phi) is 6.21. The fourth-order valence-corrected chi connectivity index (χ4v) is 2.26. The lowest BCUT2D eigenvalue weighted by Crippen LogP contribution is -2.09. The molecule has 0 atom stereocenters. The summed E-state index contributed by atoms with van der Waals surface area (Å²) in [5, 5.41) is 0. The molecule has 0 aromatic heterocycles. The van der Waals surface area contributed by atoms with Crippen LogP contribution in [0.5, 0.6) is 5.75 Å². The SMILES string of the molecule is CC(C)c1cccc(C(C)C)c1OCCOP(=O)(O)O. The van der Waals surface area contributed by atoms with Crippen LogP contribution >= 0.6 is 7.82 Å². The largest absolute Gasteiger partial charge is 0.491 e. The molecule has 5 nitrogen and oxygen atoms in total. The minimum Gasteiger partial charge on any atom is -0.491 e. The average Bonchev–Trinajstić information content (AvgIpc) is 2.32. The van der Waals surface area contributed by atoms with E-state index in [0.717, 1.165) is 16.9 Å². The van der Waals surface area contributed by atoms with Gasteiger partial charge in [0.15, 0.2) is 0 Å². The smallest absolute Gasteiger partial charge is 0.469 e. The predicted octanol–water partition coefficient (Wildman–Crippen LogP) is 3.42. The first-order valence-corrected chi connectivity index (χ1v) is 8.21. The molecule has 1 rings (SSSR count). The fraction of sp³-hybridized carbons (Fsp3) is 0.571. The fourth-order valence-electron chi connectivity index (χ4n) is 1.95. The van der Waals surface area contributed by atoms with Crippen molar-refractivity contribution in [1.29, 1.82) is 0 Å². The quantitative estimate of drug-likeness (QED) is 0.596. The molecule has 0 aliphatic carbocycles. The predicted molar refractivity (Wildman–Crippen MR) is 78.1 cm³/mol. The summed E-state index contributed by atoms with van der Waals surface area (Å²) in [6.07, 6.45) is 0. The summed E-state index contributed by atoms with van der Waals surface area (Å²) in [5.74, 6) is 1.42. The highest BCUT2D eigenvalue weighted by molar-refractivity contribution is 7.46. The van der Waals surface area contributed by atoms with Gasteiger partial charge in [0, 0.05) is 0 Å². The van der Waals surface area contributed by atoms with Crippen molar-refractivity contribution >= 4 is 7.82 Å². The Labute approximate surface area is 120 Å². The van der Waals surface area contributed by atoms with Crippen LogP contribution < -0.4 is 4.74 Å². The van der Waals surface area contributed by atoms with Crippen molar-refractivity contribution in [2.24, 2.45) is 0 Å². The van der Waals surface area contributed by atoms with Crippen LogP contribution in [-0.2, 0) is 9.09 Å². The van der Waals surface area contributed by atoms with Crippen molar-refractivity contribution in [3.8, 4) is 5.75 Å². The number of benzene rings is 1. The van der Waals surface area contributed by atoms with E-state index in [9.17, 15) is 4.57 Å². The van der Waals surface area contributed by atoms with E-state index >= 15 is 0 Å². The van der Waals surface area contributed by atoms with Crippen molar-refractivity contribution in [3.63, 3.8) is 0 Å². The molecule has 0 aliphatic heterocycles. The normalized spacial score (nSPS) is 12.2. The van der Waals surface area contributed by atoms with Crippen LogP contribution in [0.25, 0.3) is 0 Å². The molecule has 1 aromatic rings. The number of hydrogen-bond donors (Lipinski definition) is 2. The minimum atomic E-state index is -4.43. The molecule has 0 unspecified atom stereocenters. The Hall–Kier alpha value is -0.870. The molecule has 0 fully saturated rings. The van der Waals surface area contributed by atoms with Gasteiger partial charge in [0.25, 0.3) is 0 Å². The third-order valence-corrected chi connectivity index (χ3v) is 3.43. The molecule has 20 heavy (non-hydrogen) atoms. The maximum Gasteiger partial charge on any atom is 0.469 e. The Bertz CT molecular complexity index is 452. The zero-order valence-electron chi connectivity index (χ0n) is 12.4. The van der Waals surface area contributed by atoms with Gasteiger partial charge in [0.1, 0.15) is 12.4 Å². The van der Waals surface area contributed by atoms with Crippen LogP contribution in [-0.4, -0.2) is 23.0 Å². The van der Waals surface area contributed by atoms with Crippen molar-refractivity contribution < 1.29 is 23.6 Å². The molecule has 0 amide bonds. The summed E-state index contributed by atoms with van der Waals surface area (Å²) >= 11 is 0. The first kappa shape index (κ1) is 17.2. The maximum absolute atomic E-state index is 10.6. The number of rotatable bonds is 7. The van der Waals surface area contributed by atoms with E-state index in [1.165, 1.54) is 0 Å². The van der Waals surface area contributed by atoms with Crippen molar-refractivity contribution in [2.45, 2.75) is 39.5 Å². The molecule has 0 aliphatic rings. The molecule has 0 radical (unpaired) electrons. The number of ether oxygens (including phenoxy) is 1. The van der Waals surface area contributed by atoms with Gasteiger partial charge in [0.2, 0.25) is 0 Å². The lowest BCUT2D eigenvalue weighted by molar-refractivity contribution is 0.159. The molecule has 6 heteroatoms. The van der Waals surface area contributed by atoms with Crippen molar-refractivity contribution in [1.82, 2.24) is 0 Å². The monoisotopic (exact) mass is 302 g/mol. The third kappa shape index (κ3) is 5.25. The second-order valence-corrected chi connectivity index (χ2v) is 6.49. The molecule has 0 saturated carbocycles. The molecular formula is C14H23O5P. The standard InChI is InChI=1S/C14H23O5P/c1-10(2)12-6-5-7-13(11(3)4)14(12)18-8-9-19-20(15,16)17/h5-7,10-11H,8-9H2,1-4H3,(H2,15,16,17).